The van der Waals surface area contributed by atoms with Crippen LogP contribution in [0.2, 0.25) is 0 Å². The van der Waals surface area contributed by atoms with E-state index >= 15 is 0 Å². The van der Waals surface area contributed by atoms with Gasteiger partial charge in [-0.25, -0.2) is 16.8 Å². The molecular formula is C20H30N2O5S2. The van der Waals surface area contributed by atoms with Gasteiger partial charge in [0.25, 0.3) is 0 Å². The van der Waals surface area contributed by atoms with Crippen LogP contribution in [0.25, 0.3) is 0 Å². The maximum Gasteiger partial charge on any atom is 0.243 e. The number of carbonyl (C=O) groups excluding carboxylic acids is 1. The Hall–Kier alpha value is -1.45. The molecule has 2 fully saturated rings. The molecule has 1 aromatic rings. The number of sulfonamides is 1. The van der Waals surface area contributed by atoms with Crippen LogP contribution in [-0.4, -0.2) is 69.1 Å². The summed E-state index contributed by atoms with van der Waals surface area (Å²) in [7, 11) is -6.47. The summed E-state index contributed by atoms with van der Waals surface area (Å²) in [6.45, 7) is 3.68. The zero-order chi connectivity index (χ0) is 21.1. The van der Waals surface area contributed by atoms with E-state index in [0.717, 1.165) is 24.8 Å². The van der Waals surface area contributed by atoms with Gasteiger partial charge in [0.1, 0.15) is 0 Å². The van der Waals surface area contributed by atoms with Crippen LogP contribution in [0.15, 0.2) is 29.2 Å². The van der Waals surface area contributed by atoms with E-state index in [-0.39, 0.29) is 29.9 Å². The van der Waals surface area contributed by atoms with Crippen molar-refractivity contribution in [2.24, 2.45) is 0 Å². The fourth-order valence-corrected chi connectivity index (χ4v) is 7.32. The lowest BCUT2D eigenvalue weighted by molar-refractivity contribution is -0.133. The largest absolute Gasteiger partial charge is 0.339 e. The Morgan fingerprint density at radius 1 is 1.17 bits per heavy atom. The average molecular weight is 443 g/mol. The molecule has 29 heavy (non-hydrogen) atoms. The minimum absolute atomic E-state index is 0.0392. The molecule has 0 aliphatic carbocycles. The van der Waals surface area contributed by atoms with Gasteiger partial charge in [-0.3, -0.25) is 4.79 Å². The molecule has 9 heteroatoms. The average Bonchev–Trinajstić information content (AvgIpc) is 3.34. The molecule has 3 rings (SSSR count). The van der Waals surface area contributed by atoms with E-state index in [1.165, 1.54) is 4.31 Å². The molecule has 1 amide bonds. The number of rotatable bonds is 8. The normalized spacial score (nSPS) is 22.0. The van der Waals surface area contributed by atoms with Crippen LogP contribution in [0.5, 0.6) is 0 Å². The lowest BCUT2D eigenvalue weighted by Crippen LogP contribution is -2.41. The second-order valence-electron chi connectivity index (χ2n) is 7.90. The van der Waals surface area contributed by atoms with Crippen molar-refractivity contribution in [3.63, 3.8) is 0 Å². The molecule has 2 aliphatic heterocycles. The summed E-state index contributed by atoms with van der Waals surface area (Å²) >= 11 is 0. The Bertz CT molecular complexity index is 920. The predicted octanol–water partition coefficient (Wildman–Crippen LogP) is 1.83. The van der Waals surface area contributed by atoms with Crippen molar-refractivity contribution in [1.82, 2.24) is 9.21 Å². The molecule has 0 radical (unpaired) electrons. The van der Waals surface area contributed by atoms with Crippen molar-refractivity contribution >= 4 is 25.8 Å². The molecule has 0 saturated carbocycles. The number of amides is 1. The number of aryl methyl sites for hydroxylation is 1. The summed E-state index contributed by atoms with van der Waals surface area (Å²) < 4.78 is 50.2. The van der Waals surface area contributed by atoms with Gasteiger partial charge in [-0.05, 0) is 49.8 Å². The first-order valence-electron chi connectivity index (χ1n) is 10.3. The minimum atomic E-state index is -3.43. The van der Waals surface area contributed by atoms with E-state index in [0.29, 0.717) is 37.4 Å². The van der Waals surface area contributed by atoms with Gasteiger partial charge in [-0.15, -0.1) is 0 Å². The van der Waals surface area contributed by atoms with Crippen molar-refractivity contribution in [3.05, 3.63) is 29.8 Å². The molecule has 0 spiro atoms. The van der Waals surface area contributed by atoms with Crippen molar-refractivity contribution in [2.45, 2.75) is 56.4 Å². The second-order valence-corrected chi connectivity index (χ2v) is 12.1. The summed E-state index contributed by atoms with van der Waals surface area (Å²) in [6, 6.07) is 6.53. The highest BCUT2D eigenvalue weighted by atomic mass is 32.2. The van der Waals surface area contributed by atoms with Gasteiger partial charge in [0.05, 0.1) is 16.4 Å². The summed E-state index contributed by atoms with van der Waals surface area (Å²) in [5.74, 6) is 0.169. The molecule has 1 atom stereocenters. The zero-order valence-corrected chi connectivity index (χ0v) is 18.6. The standard InChI is InChI=1S/C20H30N2O5S2/c1-2-12-22(18-11-15-28(24,25)16-18)20(23)10-7-17-5-8-19(9-6-17)29(26,27)21-13-3-4-14-21/h5-6,8-9,18H,2-4,7,10-16H2,1H3. The van der Waals surface area contributed by atoms with Crippen LogP contribution in [0.4, 0.5) is 0 Å². The summed E-state index contributed by atoms with van der Waals surface area (Å²) in [4.78, 5) is 14.7. The quantitative estimate of drug-likeness (QED) is 0.612. The Balaban J connectivity index is 1.60. The molecule has 0 N–H and O–H groups in total. The topological polar surface area (TPSA) is 91.8 Å². The highest BCUT2D eigenvalue weighted by Gasteiger charge is 2.34. The van der Waals surface area contributed by atoms with Gasteiger partial charge < -0.3 is 4.90 Å². The molecule has 2 heterocycles. The smallest absolute Gasteiger partial charge is 0.243 e. The van der Waals surface area contributed by atoms with Crippen LogP contribution in [0, 0.1) is 0 Å². The highest BCUT2D eigenvalue weighted by Crippen LogP contribution is 2.22. The first kappa shape index (κ1) is 22.2. The number of benzene rings is 1. The van der Waals surface area contributed by atoms with Crippen LogP contribution >= 0.6 is 0 Å². The number of carbonyl (C=O) groups is 1. The number of nitrogens with zero attached hydrogens (tertiary/aromatic N) is 2. The summed E-state index contributed by atoms with van der Waals surface area (Å²) in [6.07, 6.45) is 3.88. The number of hydrogen-bond acceptors (Lipinski definition) is 5. The van der Waals surface area contributed by atoms with Crippen molar-refractivity contribution in [1.29, 1.82) is 0 Å². The molecule has 1 aromatic carbocycles. The lowest BCUT2D eigenvalue weighted by atomic mass is 10.1. The highest BCUT2D eigenvalue weighted by molar-refractivity contribution is 7.91. The van der Waals surface area contributed by atoms with Gasteiger partial charge in [-0.1, -0.05) is 19.1 Å². The Morgan fingerprint density at radius 3 is 2.38 bits per heavy atom. The molecule has 0 bridgehead atoms. The van der Waals surface area contributed by atoms with Gasteiger partial charge in [-0.2, -0.15) is 4.31 Å². The maximum atomic E-state index is 12.7. The van der Waals surface area contributed by atoms with E-state index < -0.39 is 19.9 Å². The molecule has 7 nitrogen and oxygen atoms in total. The van der Waals surface area contributed by atoms with Crippen LogP contribution < -0.4 is 0 Å². The van der Waals surface area contributed by atoms with Gasteiger partial charge in [0.15, 0.2) is 9.84 Å². The third-order valence-electron chi connectivity index (χ3n) is 5.69. The first-order chi connectivity index (χ1) is 13.7. The van der Waals surface area contributed by atoms with Gasteiger partial charge >= 0.3 is 0 Å². The van der Waals surface area contributed by atoms with Gasteiger partial charge in [0, 0.05) is 32.1 Å². The fourth-order valence-electron chi connectivity index (χ4n) is 4.07. The van der Waals surface area contributed by atoms with Crippen molar-refractivity contribution < 1.29 is 21.6 Å². The Kier molecular flexibility index (Phi) is 7.01. The number of hydrogen-bond donors (Lipinski definition) is 0. The monoisotopic (exact) mass is 442 g/mol. The molecule has 2 aliphatic rings. The number of sulfone groups is 1. The Labute approximate surface area is 174 Å². The van der Waals surface area contributed by atoms with E-state index in [9.17, 15) is 21.6 Å². The zero-order valence-electron chi connectivity index (χ0n) is 16.9. The lowest BCUT2D eigenvalue weighted by Gasteiger charge is -2.28. The van der Waals surface area contributed by atoms with E-state index in [4.69, 9.17) is 0 Å². The third kappa shape index (κ3) is 5.38. The molecule has 1 unspecified atom stereocenters. The van der Waals surface area contributed by atoms with Gasteiger partial charge in [0.2, 0.25) is 15.9 Å². The molecule has 0 aromatic heterocycles. The second kappa shape index (κ2) is 9.14. The van der Waals surface area contributed by atoms with Crippen LogP contribution in [0.1, 0.15) is 44.6 Å². The molecule has 162 valence electrons. The fraction of sp³-hybridized carbons (Fsp3) is 0.650. The molecule has 2 saturated heterocycles. The first-order valence-corrected chi connectivity index (χ1v) is 13.6. The van der Waals surface area contributed by atoms with E-state index in [1.807, 2.05) is 6.92 Å². The summed E-state index contributed by atoms with van der Waals surface area (Å²) in [5.41, 5.74) is 0.897. The van der Waals surface area contributed by atoms with E-state index in [2.05, 4.69) is 0 Å². The predicted molar refractivity (Wildman–Crippen MR) is 112 cm³/mol. The third-order valence-corrected chi connectivity index (χ3v) is 9.35. The van der Waals surface area contributed by atoms with Crippen LogP contribution in [-0.2, 0) is 31.1 Å². The van der Waals surface area contributed by atoms with Crippen LogP contribution in [0.3, 0.4) is 0 Å². The minimum Gasteiger partial charge on any atom is -0.339 e. The van der Waals surface area contributed by atoms with E-state index in [1.54, 1.807) is 29.2 Å². The van der Waals surface area contributed by atoms with Crippen molar-refractivity contribution in [2.75, 3.05) is 31.1 Å². The molecular weight excluding hydrogens is 412 g/mol. The maximum absolute atomic E-state index is 12.7. The summed E-state index contributed by atoms with van der Waals surface area (Å²) in [5, 5.41) is 0. The Morgan fingerprint density at radius 2 is 1.83 bits per heavy atom. The SMILES string of the molecule is CCCN(C(=O)CCc1ccc(S(=O)(=O)N2CCCC2)cc1)C1CCS(=O)(=O)C1. The van der Waals surface area contributed by atoms with Crippen molar-refractivity contribution in [3.8, 4) is 0 Å².